The van der Waals surface area contributed by atoms with E-state index < -0.39 is 23.6 Å². The first-order chi connectivity index (χ1) is 27.0. The van der Waals surface area contributed by atoms with Crippen LogP contribution < -0.4 is 15.4 Å². The summed E-state index contributed by atoms with van der Waals surface area (Å²) in [5, 5.41) is 6.05. The van der Waals surface area contributed by atoms with E-state index in [-0.39, 0.29) is 45.3 Å². The number of fused-ring (bicyclic) bond motifs is 3. The molecule has 0 aromatic heterocycles. The molecule has 0 saturated heterocycles. The number of ether oxygens (including phenoxy) is 3. The third kappa shape index (κ3) is 8.50. The molecule has 6 aromatic rings. The molecule has 0 aliphatic heterocycles. The van der Waals surface area contributed by atoms with E-state index >= 15 is 0 Å². The number of carbonyl (C=O) groups is 3. The quantitative estimate of drug-likeness (QED) is 0.0852. The molecule has 7 rings (SSSR count). The van der Waals surface area contributed by atoms with Crippen molar-refractivity contribution < 1.29 is 28.6 Å². The van der Waals surface area contributed by atoms with Crippen LogP contribution in [0.25, 0.3) is 11.1 Å². The summed E-state index contributed by atoms with van der Waals surface area (Å²) >= 11 is 0. The fraction of sp³-hybridized carbons (Fsp3) is 0.188. The van der Waals surface area contributed by atoms with Crippen molar-refractivity contribution in [3.63, 3.8) is 0 Å². The van der Waals surface area contributed by atoms with Gasteiger partial charge >= 0.3 is 12.1 Å². The molecule has 56 heavy (non-hydrogen) atoms. The zero-order chi connectivity index (χ0) is 38.0. The normalized spacial score (nSPS) is 12.2. The maximum Gasteiger partial charge on any atom is 0.407 e. The molecule has 2 N–H and O–H groups in total. The SMILES string of the molecule is C.COc1ccc(COC(=O)[C@@H](CCC(=O)NC(c2ccccc2)(c2ccccc2)c2ccccc2)NC(=O)OCC2c3ccccc3-c3ccccc32)cc1. The van der Waals surface area contributed by atoms with Crippen LogP contribution in [0.5, 0.6) is 5.75 Å². The van der Waals surface area contributed by atoms with Crippen LogP contribution in [0.3, 0.4) is 0 Å². The molecule has 8 heteroatoms. The molecular weight excluding hydrogens is 701 g/mol. The monoisotopic (exact) mass is 746 g/mol. The lowest BCUT2D eigenvalue weighted by atomic mass is 9.77. The number of amides is 2. The lowest BCUT2D eigenvalue weighted by molar-refractivity contribution is -0.147. The maximum absolute atomic E-state index is 14.1. The van der Waals surface area contributed by atoms with Crippen LogP contribution in [0, 0.1) is 0 Å². The summed E-state index contributed by atoms with van der Waals surface area (Å²) < 4.78 is 16.7. The molecule has 284 valence electrons. The number of alkyl carbamates (subject to hydrolysis) is 1. The first-order valence-corrected chi connectivity index (χ1v) is 18.3. The Labute approximate surface area is 328 Å². The Morgan fingerprint density at radius 3 is 1.61 bits per heavy atom. The van der Waals surface area contributed by atoms with Crippen LogP contribution in [-0.2, 0) is 31.2 Å². The molecule has 0 saturated carbocycles. The lowest BCUT2D eigenvalue weighted by Crippen LogP contribution is -2.48. The molecule has 1 aliphatic rings. The second-order valence-corrected chi connectivity index (χ2v) is 13.4. The van der Waals surface area contributed by atoms with Gasteiger partial charge in [0.2, 0.25) is 5.91 Å². The van der Waals surface area contributed by atoms with E-state index in [0.29, 0.717) is 5.75 Å². The van der Waals surface area contributed by atoms with Crippen LogP contribution in [0.15, 0.2) is 164 Å². The molecule has 0 spiro atoms. The Kier molecular flexibility index (Phi) is 12.6. The van der Waals surface area contributed by atoms with E-state index in [2.05, 4.69) is 22.8 Å². The molecule has 0 fully saturated rings. The zero-order valence-electron chi connectivity index (χ0n) is 30.5. The summed E-state index contributed by atoms with van der Waals surface area (Å²) in [6.07, 6.45) is -0.910. The van der Waals surface area contributed by atoms with Crippen LogP contribution >= 0.6 is 0 Å². The molecule has 8 nitrogen and oxygen atoms in total. The predicted octanol–water partition coefficient (Wildman–Crippen LogP) is 9.17. The Morgan fingerprint density at radius 1 is 0.625 bits per heavy atom. The van der Waals surface area contributed by atoms with Gasteiger partial charge in [-0.25, -0.2) is 9.59 Å². The van der Waals surface area contributed by atoms with Gasteiger partial charge in [0, 0.05) is 12.3 Å². The smallest absolute Gasteiger partial charge is 0.407 e. The van der Waals surface area contributed by atoms with Gasteiger partial charge in [-0.05, 0) is 63.1 Å². The van der Waals surface area contributed by atoms with Gasteiger partial charge in [-0.2, -0.15) is 0 Å². The minimum absolute atomic E-state index is 0. The molecule has 0 heterocycles. The van der Waals surface area contributed by atoms with Crippen LogP contribution in [0.2, 0.25) is 0 Å². The van der Waals surface area contributed by atoms with Gasteiger partial charge in [0.15, 0.2) is 0 Å². The van der Waals surface area contributed by atoms with E-state index in [1.165, 1.54) is 0 Å². The molecule has 2 amide bonds. The number of rotatable bonds is 14. The van der Waals surface area contributed by atoms with Crippen molar-refractivity contribution in [2.75, 3.05) is 13.7 Å². The van der Waals surface area contributed by atoms with E-state index in [0.717, 1.165) is 44.5 Å². The lowest BCUT2D eigenvalue weighted by Gasteiger charge is -2.37. The van der Waals surface area contributed by atoms with Gasteiger partial charge in [-0.1, -0.05) is 159 Å². The Hall–Kier alpha value is -6.67. The van der Waals surface area contributed by atoms with Crippen molar-refractivity contribution in [1.82, 2.24) is 10.6 Å². The molecule has 0 bridgehead atoms. The molecule has 0 unspecified atom stereocenters. The van der Waals surface area contributed by atoms with Crippen LogP contribution in [-0.4, -0.2) is 37.7 Å². The summed E-state index contributed by atoms with van der Waals surface area (Å²) in [6, 6.07) is 51.5. The van der Waals surface area contributed by atoms with Gasteiger partial charge in [-0.3, -0.25) is 4.79 Å². The summed E-state index contributed by atoms with van der Waals surface area (Å²) in [4.78, 5) is 41.3. The number of hydrogen-bond acceptors (Lipinski definition) is 6. The first-order valence-electron chi connectivity index (χ1n) is 18.3. The number of nitrogens with one attached hydrogen (secondary N) is 2. The second-order valence-electron chi connectivity index (χ2n) is 13.4. The standard InChI is InChI=1S/C47H42N2O6.CH4/c1-53-37-27-25-33(26-28-37)31-54-45(51)43(48-46(52)55-32-42-40-23-13-11-21-38(40)39-22-12-14-24-41(39)42)29-30-44(50)49-47(34-15-5-2-6-16-34,35-17-7-3-8-18-35)36-19-9-4-10-20-36;/h2-28,42-43H,29-32H2,1H3,(H,48,52)(H,49,50);1H4/t43-;/m1./s1. The maximum atomic E-state index is 14.1. The van der Waals surface area contributed by atoms with Crippen LogP contribution in [0.4, 0.5) is 4.79 Å². The fourth-order valence-electron chi connectivity index (χ4n) is 7.34. The van der Waals surface area contributed by atoms with Crippen LogP contribution in [0.1, 0.15) is 59.6 Å². The van der Waals surface area contributed by atoms with Gasteiger partial charge in [-0.15, -0.1) is 0 Å². The van der Waals surface area contributed by atoms with E-state index in [4.69, 9.17) is 14.2 Å². The third-order valence-corrected chi connectivity index (χ3v) is 10.1. The highest BCUT2D eigenvalue weighted by molar-refractivity contribution is 5.84. The predicted molar refractivity (Wildman–Crippen MR) is 218 cm³/mol. The number of benzene rings is 6. The highest BCUT2D eigenvalue weighted by atomic mass is 16.6. The summed E-state index contributed by atoms with van der Waals surface area (Å²) in [5.41, 5.74) is 6.67. The molecule has 6 aromatic carbocycles. The average molecular weight is 747 g/mol. The fourth-order valence-corrected chi connectivity index (χ4v) is 7.34. The number of esters is 1. The number of carbonyl (C=O) groups excluding carboxylic acids is 3. The highest BCUT2D eigenvalue weighted by Gasteiger charge is 2.38. The molecule has 1 atom stereocenters. The molecule has 1 aliphatic carbocycles. The van der Waals surface area contributed by atoms with E-state index in [1.54, 1.807) is 31.4 Å². The summed E-state index contributed by atoms with van der Waals surface area (Å²) in [5.74, 6) is -0.489. The Balaban J connectivity index is 0.00000532. The average Bonchev–Trinajstić information content (AvgIpc) is 3.57. The highest BCUT2D eigenvalue weighted by Crippen LogP contribution is 2.44. The van der Waals surface area contributed by atoms with Crippen molar-refractivity contribution in [2.24, 2.45) is 0 Å². The van der Waals surface area contributed by atoms with Crippen molar-refractivity contribution >= 4 is 18.0 Å². The minimum Gasteiger partial charge on any atom is -0.497 e. The van der Waals surface area contributed by atoms with Crippen molar-refractivity contribution in [1.29, 1.82) is 0 Å². The van der Waals surface area contributed by atoms with Crippen molar-refractivity contribution in [3.8, 4) is 16.9 Å². The first kappa shape index (κ1) is 39.0. The van der Waals surface area contributed by atoms with Crippen molar-refractivity contribution in [3.05, 3.63) is 197 Å². The number of methoxy groups -OCH3 is 1. The van der Waals surface area contributed by atoms with Gasteiger partial charge in [0.1, 0.15) is 30.5 Å². The molecule has 0 radical (unpaired) electrons. The van der Waals surface area contributed by atoms with E-state index in [1.807, 2.05) is 127 Å². The number of hydrogen-bond donors (Lipinski definition) is 2. The molecular formula is C48H46N2O6. The van der Waals surface area contributed by atoms with Crippen molar-refractivity contribution in [2.45, 2.75) is 44.4 Å². The summed E-state index contributed by atoms with van der Waals surface area (Å²) in [6.45, 7) is 0.0404. The largest absolute Gasteiger partial charge is 0.497 e. The Bertz CT molecular complexity index is 2080. The second kappa shape index (κ2) is 18.1. The van der Waals surface area contributed by atoms with E-state index in [9.17, 15) is 14.4 Å². The zero-order valence-corrected chi connectivity index (χ0v) is 30.5. The Morgan fingerprint density at radius 2 is 1.11 bits per heavy atom. The van der Waals surface area contributed by atoms with Gasteiger partial charge in [0.05, 0.1) is 7.11 Å². The summed E-state index contributed by atoms with van der Waals surface area (Å²) in [7, 11) is 1.58. The topological polar surface area (TPSA) is 103 Å². The van der Waals surface area contributed by atoms with Gasteiger partial charge < -0.3 is 24.8 Å². The third-order valence-electron chi connectivity index (χ3n) is 10.1. The van der Waals surface area contributed by atoms with Gasteiger partial charge in [0.25, 0.3) is 0 Å². The minimum atomic E-state index is -1.17.